The average molecular weight is 288 g/mol. The van der Waals surface area contributed by atoms with E-state index in [9.17, 15) is 4.39 Å². The van der Waals surface area contributed by atoms with E-state index in [1.54, 1.807) is 6.07 Å². The van der Waals surface area contributed by atoms with Gasteiger partial charge in [-0.05, 0) is 31.2 Å². The van der Waals surface area contributed by atoms with Crippen molar-refractivity contribution in [3.63, 3.8) is 0 Å². The molecule has 0 fully saturated rings. The molecule has 1 N–H and O–H groups in total. The first kappa shape index (κ1) is 12.9. The number of nitrogens with zero attached hydrogens (tertiary/aromatic N) is 1. The zero-order valence-corrected chi connectivity index (χ0v) is 11.7. The number of nitrogens with one attached hydrogen (secondary N) is 1. The molecule has 0 aliphatic rings. The van der Waals surface area contributed by atoms with E-state index in [1.807, 2.05) is 31.2 Å². The second kappa shape index (κ2) is 5.46. The number of aromatic nitrogens is 1. The van der Waals surface area contributed by atoms with Crippen LogP contribution in [0.3, 0.4) is 0 Å². The summed E-state index contributed by atoms with van der Waals surface area (Å²) in [6.07, 6.45) is 0. The van der Waals surface area contributed by atoms with Crippen LogP contribution in [0.4, 0.5) is 15.2 Å². The normalized spacial score (nSPS) is 10.7. The van der Waals surface area contributed by atoms with E-state index < -0.39 is 0 Å². The summed E-state index contributed by atoms with van der Waals surface area (Å²) in [5.74, 6) is 0.539. The number of anilines is 2. The van der Waals surface area contributed by atoms with Crippen LogP contribution in [-0.4, -0.2) is 11.6 Å². The van der Waals surface area contributed by atoms with Crippen molar-refractivity contribution in [2.45, 2.75) is 6.92 Å². The molecule has 0 radical (unpaired) electrons. The molecule has 3 rings (SSSR count). The molecule has 0 amide bonds. The third kappa shape index (κ3) is 2.72. The average Bonchev–Trinajstić information content (AvgIpc) is 2.81. The molecule has 0 bridgehead atoms. The molecular formula is C15H13FN2OS. The first-order chi connectivity index (χ1) is 9.74. The summed E-state index contributed by atoms with van der Waals surface area (Å²) < 4.78 is 19.5. The van der Waals surface area contributed by atoms with Crippen molar-refractivity contribution in [2.24, 2.45) is 0 Å². The highest BCUT2D eigenvalue weighted by atomic mass is 32.1. The molecule has 0 saturated heterocycles. The molecule has 1 heterocycles. The second-order valence-corrected chi connectivity index (χ2v) is 5.25. The third-order valence-electron chi connectivity index (χ3n) is 2.75. The van der Waals surface area contributed by atoms with Crippen molar-refractivity contribution < 1.29 is 9.13 Å². The SMILES string of the molecule is CCOc1cccc(Nc2nc3cc(F)ccc3s2)c1. The predicted octanol–water partition coefficient (Wildman–Crippen LogP) is 4.58. The summed E-state index contributed by atoms with van der Waals surface area (Å²) in [4.78, 5) is 4.37. The van der Waals surface area contributed by atoms with Crippen molar-refractivity contribution in [3.8, 4) is 5.75 Å². The molecule has 3 aromatic rings. The lowest BCUT2D eigenvalue weighted by atomic mass is 10.3. The summed E-state index contributed by atoms with van der Waals surface area (Å²) >= 11 is 1.49. The van der Waals surface area contributed by atoms with Gasteiger partial charge in [-0.15, -0.1) is 0 Å². The maximum atomic E-state index is 13.1. The summed E-state index contributed by atoms with van der Waals surface area (Å²) in [5.41, 5.74) is 1.56. The van der Waals surface area contributed by atoms with E-state index in [1.165, 1.54) is 23.5 Å². The lowest BCUT2D eigenvalue weighted by Gasteiger charge is -2.06. The highest BCUT2D eigenvalue weighted by Gasteiger charge is 2.05. The van der Waals surface area contributed by atoms with E-state index in [0.717, 1.165) is 21.3 Å². The highest BCUT2D eigenvalue weighted by Crippen LogP contribution is 2.29. The van der Waals surface area contributed by atoms with Crippen molar-refractivity contribution >= 4 is 32.4 Å². The zero-order valence-electron chi connectivity index (χ0n) is 10.9. The summed E-state index contributed by atoms with van der Waals surface area (Å²) in [6.45, 7) is 2.58. The quantitative estimate of drug-likeness (QED) is 0.763. The van der Waals surface area contributed by atoms with Gasteiger partial charge in [-0.3, -0.25) is 0 Å². The fourth-order valence-electron chi connectivity index (χ4n) is 1.91. The predicted molar refractivity (Wildman–Crippen MR) is 80.5 cm³/mol. The van der Waals surface area contributed by atoms with Gasteiger partial charge in [-0.1, -0.05) is 17.4 Å². The number of hydrogen-bond donors (Lipinski definition) is 1. The van der Waals surface area contributed by atoms with E-state index in [4.69, 9.17) is 4.74 Å². The van der Waals surface area contributed by atoms with Crippen LogP contribution in [0.15, 0.2) is 42.5 Å². The highest BCUT2D eigenvalue weighted by molar-refractivity contribution is 7.22. The monoisotopic (exact) mass is 288 g/mol. The van der Waals surface area contributed by atoms with E-state index in [-0.39, 0.29) is 5.82 Å². The van der Waals surface area contributed by atoms with Gasteiger partial charge in [0.2, 0.25) is 0 Å². The molecule has 0 aliphatic heterocycles. The number of rotatable bonds is 4. The van der Waals surface area contributed by atoms with Crippen LogP contribution in [0.2, 0.25) is 0 Å². The minimum Gasteiger partial charge on any atom is -0.494 e. The standard InChI is InChI=1S/C15H13FN2OS/c1-2-19-12-5-3-4-11(9-12)17-15-18-13-8-10(16)6-7-14(13)20-15/h3-9H,2H2,1H3,(H,17,18). The fourth-order valence-corrected chi connectivity index (χ4v) is 2.77. The van der Waals surface area contributed by atoms with Gasteiger partial charge in [0.15, 0.2) is 5.13 Å². The van der Waals surface area contributed by atoms with Crippen LogP contribution in [0.25, 0.3) is 10.2 Å². The van der Waals surface area contributed by atoms with Gasteiger partial charge in [-0.2, -0.15) is 0 Å². The molecule has 5 heteroatoms. The van der Waals surface area contributed by atoms with E-state index in [0.29, 0.717) is 12.1 Å². The van der Waals surface area contributed by atoms with E-state index >= 15 is 0 Å². The Labute approximate surface area is 120 Å². The topological polar surface area (TPSA) is 34.1 Å². The maximum Gasteiger partial charge on any atom is 0.188 e. The minimum atomic E-state index is -0.271. The third-order valence-corrected chi connectivity index (χ3v) is 3.70. The van der Waals surface area contributed by atoms with Gasteiger partial charge in [0, 0.05) is 17.8 Å². The van der Waals surface area contributed by atoms with Crippen LogP contribution in [0.5, 0.6) is 5.75 Å². The smallest absolute Gasteiger partial charge is 0.188 e. The number of fused-ring (bicyclic) bond motifs is 1. The van der Waals surface area contributed by atoms with Crippen molar-refractivity contribution in [1.29, 1.82) is 0 Å². The molecule has 3 nitrogen and oxygen atoms in total. The van der Waals surface area contributed by atoms with Gasteiger partial charge >= 0.3 is 0 Å². The molecule has 20 heavy (non-hydrogen) atoms. The minimum absolute atomic E-state index is 0.271. The Morgan fingerprint density at radius 2 is 2.15 bits per heavy atom. The van der Waals surface area contributed by atoms with Gasteiger partial charge in [-0.25, -0.2) is 9.37 Å². The molecule has 2 aromatic carbocycles. The Bertz CT molecular complexity index is 742. The van der Waals surface area contributed by atoms with Gasteiger partial charge in [0.05, 0.1) is 16.8 Å². The Hall–Kier alpha value is -2.14. The first-order valence-corrected chi connectivity index (χ1v) is 7.12. The van der Waals surface area contributed by atoms with Gasteiger partial charge < -0.3 is 10.1 Å². The number of benzene rings is 2. The number of ether oxygens (including phenoxy) is 1. The number of thiazole rings is 1. The first-order valence-electron chi connectivity index (χ1n) is 6.30. The maximum absolute atomic E-state index is 13.1. The Morgan fingerprint density at radius 1 is 1.25 bits per heavy atom. The van der Waals surface area contributed by atoms with Gasteiger partial charge in [0.25, 0.3) is 0 Å². The summed E-state index contributed by atoms with van der Waals surface area (Å²) in [7, 11) is 0. The molecule has 0 saturated carbocycles. The molecule has 0 aliphatic carbocycles. The number of halogens is 1. The molecule has 0 spiro atoms. The second-order valence-electron chi connectivity index (χ2n) is 4.22. The lowest BCUT2D eigenvalue weighted by Crippen LogP contribution is -1.93. The van der Waals surface area contributed by atoms with Crippen molar-refractivity contribution in [3.05, 3.63) is 48.3 Å². The summed E-state index contributed by atoms with van der Waals surface area (Å²) in [6, 6.07) is 12.3. The summed E-state index contributed by atoms with van der Waals surface area (Å²) in [5, 5.41) is 3.95. The van der Waals surface area contributed by atoms with Gasteiger partial charge in [0.1, 0.15) is 11.6 Å². The molecule has 0 atom stereocenters. The zero-order chi connectivity index (χ0) is 13.9. The van der Waals surface area contributed by atoms with Crippen LogP contribution in [0, 0.1) is 5.82 Å². The van der Waals surface area contributed by atoms with Crippen molar-refractivity contribution in [2.75, 3.05) is 11.9 Å². The Balaban J connectivity index is 1.87. The molecule has 0 unspecified atom stereocenters. The molecule has 1 aromatic heterocycles. The van der Waals surface area contributed by atoms with Crippen LogP contribution in [-0.2, 0) is 0 Å². The van der Waals surface area contributed by atoms with Crippen molar-refractivity contribution in [1.82, 2.24) is 4.98 Å². The Morgan fingerprint density at radius 3 is 3.00 bits per heavy atom. The molecular weight excluding hydrogens is 275 g/mol. The molecule has 102 valence electrons. The lowest BCUT2D eigenvalue weighted by molar-refractivity contribution is 0.340. The number of hydrogen-bond acceptors (Lipinski definition) is 4. The largest absolute Gasteiger partial charge is 0.494 e. The van der Waals surface area contributed by atoms with Crippen LogP contribution in [0.1, 0.15) is 6.92 Å². The fraction of sp³-hybridized carbons (Fsp3) is 0.133. The Kier molecular flexibility index (Phi) is 3.52. The van der Waals surface area contributed by atoms with Crippen LogP contribution < -0.4 is 10.1 Å². The van der Waals surface area contributed by atoms with Crippen LogP contribution >= 0.6 is 11.3 Å². The van der Waals surface area contributed by atoms with E-state index in [2.05, 4.69) is 10.3 Å².